The van der Waals surface area contributed by atoms with E-state index in [-0.39, 0.29) is 36.2 Å². The van der Waals surface area contributed by atoms with Crippen LogP contribution in [-0.4, -0.2) is 44.5 Å². The number of ether oxygens (including phenoxy) is 2. The third kappa shape index (κ3) is 4.91. The van der Waals surface area contributed by atoms with E-state index >= 15 is 0 Å². The molecule has 0 amide bonds. The molecule has 1 aromatic heterocycles. The highest BCUT2D eigenvalue weighted by Crippen LogP contribution is 2.30. The summed E-state index contributed by atoms with van der Waals surface area (Å²) in [6, 6.07) is 6.78. The standard InChI is InChI=1S/C20H22F2N2O4S/c21-15-2-5-18(23-10-15)13-1-6-20(17(22)9-13)28-11-14-7-8-27-12-19(14)24-29(25,26)16-3-4-16/h1-2,5-6,9-10,14,16,19,24H,3-4,7-8,11-12H2/t14-,19+/m1/s1. The Labute approximate surface area is 168 Å². The fourth-order valence-electron chi connectivity index (χ4n) is 3.32. The molecule has 1 aromatic carbocycles. The second-order valence-corrected chi connectivity index (χ2v) is 9.40. The first kappa shape index (κ1) is 20.2. The van der Waals surface area contributed by atoms with Crippen LogP contribution >= 0.6 is 0 Å². The fraction of sp³-hybridized carbons (Fsp3) is 0.450. The Kier molecular flexibility index (Phi) is 5.80. The molecule has 2 fully saturated rings. The fourth-order valence-corrected chi connectivity index (χ4v) is 4.95. The zero-order valence-corrected chi connectivity index (χ0v) is 16.5. The lowest BCUT2D eigenvalue weighted by molar-refractivity contribution is 0.0269. The zero-order valence-electron chi connectivity index (χ0n) is 15.7. The lowest BCUT2D eigenvalue weighted by Gasteiger charge is -2.31. The van der Waals surface area contributed by atoms with Gasteiger partial charge in [0, 0.05) is 18.1 Å². The molecular formula is C20H22F2N2O4S. The van der Waals surface area contributed by atoms with Crippen molar-refractivity contribution in [2.45, 2.75) is 30.6 Å². The molecule has 1 saturated carbocycles. The van der Waals surface area contributed by atoms with Crippen LogP contribution in [0.15, 0.2) is 36.5 Å². The number of rotatable bonds is 7. The molecule has 4 rings (SSSR count). The summed E-state index contributed by atoms with van der Waals surface area (Å²) in [5.41, 5.74) is 0.965. The van der Waals surface area contributed by atoms with E-state index in [0.29, 0.717) is 37.1 Å². The van der Waals surface area contributed by atoms with E-state index in [1.165, 1.54) is 24.3 Å². The molecule has 1 saturated heterocycles. The SMILES string of the molecule is O=S(=O)(N[C@H]1COCC[C@@H]1COc1ccc(-c2ccc(F)cn2)cc1F)C1CC1. The van der Waals surface area contributed by atoms with Crippen LogP contribution in [0.25, 0.3) is 11.3 Å². The number of nitrogens with one attached hydrogen (secondary N) is 1. The smallest absolute Gasteiger partial charge is 0.214 e. The summed E-state index contributed by atoms with van der Waals surface area (Å²) < 4.78 is 65.8. The largest absolute Gasteiger partial charge is 0.490 e. The van der Waals surface area contributed by atoms with Gasteiger partial charge in [-0.05, 0) is 49.6 Å². The molecule has 6 nitrogen and oxygen atoms in total. The number of sulfonamides is 1. The van der Waals surface area contributed by atoms with E-state index in [4.69, 9.17) is 9.47 Å². The predicted octanol–water partition coefficient (Wildman–Crippen LogP) is 2.89. The van der Waals surface area contributed by atoms with Crippen molar-refractivity contribution in [2.24, 2.45) is 5.92 Å². The number of halogens is 2. The van der Waals surface area contributed by atoms with Crippen LogP contribution in [0, 0.1) is 17.6 Å². The van der Waals surface area contributed by atoms with Gasteiger partial charge in [-0.2, -0.15) is 0 Å². The minimum atomic E-state index is -3.34. The van der Waals surface area contributed by atoms with E-state index in [9.17, 15) is 17.2 Å². The van der Waals surface area contributed by atoms with E-state index in [1.54, 1.807) is 6.07 Å². The summed E-state index contributed by atoms with van der Waals surface area (Å²) in [5.74, 6) is -1.06. The Balaban J connectivity index is 1.41. The summed E-state index contributed by atoms with van der Waals surface area (Å²) in [6.07, 6.45) is 3.07. The van der Waals surface area contributed by atoms with Gasteiger partial charge in [0.1, 0.15) is 5.82 Å². The quantitative estimate of drug-likeness (QED) is 0.740. The van der Waals surface area contributed by atoms with Crippen molar-refractivity contribution in [3.8, 4) is 17.0 Å². The number of nitrogens with zero attached hydrogens (tertiary/aromatic N) is 1. The van der Waals surface area contributed by atoms with Crippen molar-refractivity contribution in [1.82, 2.24) is 9.71 Å². The first-order valence-electron chi connectivity index (χ1n) is 9.55. The topological polar surface area (TPSA) is 77.5 Å². The molecule has 0 radical (unpaired) electrons. The number of pyridine rings is 1. The Bertz CT molecular complexity index is 965. The molecule has 0 spiro atoms. The Morgan fingerprint density at radius 1 is 1.17 bits per heavy atom. The van der Waals surface area contributed by atoms with Crippen LogP contribution in [0.5, 0.6) is 5.75 Å². The summed E-state index contributed by atoms with van der Waals surface area (Å²) >= 11 is 0. The van der Waals surface area contributed by atoms with Crippen LogP contribution in [0.3, 0.4) is 0 Å². The van der Waals surface area contributed by atoms with Crippen LogP contribution in [-0.2, 0) is 14.8 Å². The summed E-state index contributed by atoms with van der Waals surface area (Å²) in [7, 11) is -3.34. The van der Waals surface area contributed by atoms with E-state index in [0.717, 1.165) is 6.20 Å². The highest BCUT2D eigenvalue weighted by atomic mass is 32.2. The van der Waals surface area contributed by atoms with Crippen molar-refractivity contribution < 1.29 is 26.7 Å². The molecule has 0 unspecified atom stereocenters. The molecule has 0 bridgehead atoms. The molecule has 156 valence electrons. The average molecular weight is 424 g/mol. The van der Waals surface area contributed by atoms with Crippen molar-refractivity contribution >= 4 is 10.0 Å². The normalized spacial score (nSPS) is 22.4. The van der Waals surface area contributed by atoms with Gasteiger partial charge in [0.25, 0.3) is 0 Å². The second-order valence-electron chi connectivity index (χ2n) is 7.41. The molecule has 1 N–H and O–H groups in total. The van der Waals surface area contributed by atoms with Crippen molar-refractivity contribution in [3.63, 3.8) is 0 Å². The van der Waals surface area contributed by atoms with Gasteiger partial charge < -0.3 is 9.47 Å². The van der Waals surface area contributed by atoms with Gasteiger partial charge in [-0.1, -0.05) is 0 Å². The van der Waals surface area contributed by atoms with Crippen LogP contribution in [0.1, 0.15) is 19.3 Å². The number of hydrogen-bond acceptors (Lipinski definition) is 5. The third-order valence-electron chi connectivity index (χ3n) is 5.19. The predicted molar refractivity (Wildman–Crippen MR) is 103 cm³/mol. The Morgan fingerprint density at radius 2 is 2.00 bits per heavy atom. The van der Waals surface area contributed by atoms with Gasteiger partial charge in [-0.15, -0.1) is 0 Å². The van der Waals surface area contributed by atoms with Crippen molar-refractivity contribution in [2.75, 3.05) is 19.8 Å². The van der Waals surface area contributed by atoms with Gasteiger partial charge in [0.15, 0.2) is 11.6 Å². The molecule has 2 heterocycles. The summed E-state index contributed by atoms with van der Waals surface area (Å²) in [5, 5.41) is -0.309. The van der Waals surface area contributed by atoms with Crippen LogP contribution in [0.2, 0.25) is 0 Å². The van der Waals surface area contributed by atoms with E-state index in [1.807, 2.05) is 0 Å². The van der Waals surface area contributed by atoms with Crippen LogP contribution in [0.4, 0.5) is 8.78 Å². The van der Waals surface area contributed by atoms with E-state index in [2.05, 4.69) is 9.71 Å². The van der Waals surface area contributed by atoms with Gasteiger partial charge in [0.05, 0.1) is 36.4 Å². The number of benzene rings is 1. The molecule has 2 aliphatic rings. The Morgan fingerprint density at radius 3 is 2.69 bits per heavy atom. The lowest BCUT2D eigenvalue weighted by atomic mass is 9.97. The maximum Gasteiger partial charge on any atom is 0.214 e. The zero-order chi connectivity index (χ0) is 20.4. The first-order chi connectivity index (χ1) is 13.9. The minimum Gasteiger partial charge on any atom is -0.490 e. The molecule has 29 heavy (non-hydrogen) atoms. The molecule has 2 aromatic rings. The molecule has 9 heteroatoms. The van der Waals surface area contributed by atoms with Gasteiger partial charge in [0.2, 0.25) is 10.0 Å². The summed E-state index contributed by atoms with van der Waals surface area (Å²) in [4.78, 5) is 3.94. The molecular weight excluding hydrogens is 402 g/mol. The third-order valence-corrected chi connectivity index (χ3v) is 7.17. The average Bonchev–Trinajstić information content (AvgIpc) is 3.54. The number of aromatic nitrogens is 1. The molecule has 1 aliphatic heterocycles. The molecule has 2 atom stereocenters. The maximum absolute atomic E-state index is 14.5. The number of hydrogen-bond donors (Lipinski definition) is 1. The van der Waals surface area contributed by atoms with E-state index < -0.39 is 21.7 Å². The lowest BCUT2D eigenvalue weighted by Crippen LogP contribution is -2.49. The van der Waals surface area contributed by atoms with Crippen LogP contribution < -0.4 is 9.46 Å². The highest BCUT2D eigenvalue weighted by Gasteiger charge is 2.39. The summed E-state index contributed by atoms with van der Waals surface area (Å²) in [6.45, 7) is 0.956. The van der Waals surface area contributed by atoms with Gasteiger partial charge >= 0.3 is 0 Å². The second kappa shape index (κ2) is 8.33. The first-order valence-corrected chi connectivity index (χ1v) is 11.1. The highest BCUT2D eigenvalue weighted by molar-refractivity contribution is 7.90. The van der Waals surface area contributed by atoms with Gasteiger partial charge in [-0.3, -0.25) is 4.98 Å². The van der Waals surface area contributed by atoms with Crippen molar-refractivity contribution in [3.05, 3.63) is 48.2 Å². The minimum absolute atomic E-state index is 0.0751. The Hall–Kier alpha value is -2.10. The van der Waals surface area contributed by atoms with Gasteiger partial charge in [-0.25, -0.2) is 21.9 Å². The monoisotopic (exact) mass is 424 g/mol. The van der Waals surface area contributed by atoms with Crippen molar-refractivity contribution in [1.29, 1.82) is 0 Å². The maximum atomic E-state index is 14.5. The molecule has 1 aliphatic carbocycles.